The molecule has 0 unspecified atom stereocenters. The molecule has 9 heteroatoms. The van der Waals surface area contributed by atoms with Crippen molar-refractivity contribution < 1.29 is 4.74 Å². The third kappa shape index (κ3) is 2.03. The first-order valence-corrected chi connectivity index (χ1v) is 8.18. The molecule has 0 aliphatic heterocycles. The molecule has 134 valence electrons. The Balaban J connectivity index is 2.09. The lowest BCUT2D eigenvalue weighted by atomic mass is 10.2. The summed E-state index contributed by atoms with van der Waals surface area (Å²) in [6.45, 7) is 2.51. The average molecular weight is 354 g/mol. The van der Waals surface area contributed by atoms with E-state index in [1.165, 1.54) is 11.6 Å². The zero-order valence-corrected chi connectivity index (χ0v) is 14.9. The lowest BCUT2D eigenvalue weighted by Crippen LogP contribution is -2.37. The molecule has 0 bridgehead atoms. The Hall–Kier alpha value is -3.36. The molecule has 0 amide bonds. The largest absolute Gasteiger partial charge is 0.494 e. The number of hydrogen-bond donors (Lipinski definition) is 0. The Morgan fingerprint density at radius 3 is 2.31 bits per heavy atom. The Bertz CT molecular complexity index is 1260. The van der Waals surface area contributed by atoms with Gasteiger partial charge in [0.25, 0.3) is 5.56 Å². The quantitative estimate of drug-likeness (QED) is 0.540. The summed E-state index contributed by atoms with van der Waals surface area (Å²) in [6.07, 6.45) is 0. The number of rotatable bonds is 3. The van der Waals surface area contributed by atoms with E-state index in [1.54, 1.807) is 23.1 Å². The van der Waals surface area contributed by atoms with Crippen LogP contribution in [0, 0.1) is 0 Å². The fraction of sp³-hybridized carbons (Fsp3) is 0.294. The Kier molecular flexibility index (Phi) is 3.46. The van der Waals surface area contributed by atoms with Crippen LogP contribution in [0.15, 0.2) is 33.9 Å². The Labute approximate surface area is 147 Å². The molecule has 3 aromatic heterocycles. The van der Waals surface area contributed by atoms with E-state index in [4.69, 9.17) is 4.74 Å². The SMILES string of the molecule is CCOc1ccc(-c2nnc3n(C)c4c(=O)n(C)c(=O)n(C)c4n23)cc1. The molecular formula is C17H18N6O3. The molecule has 4 aromatic rings. The number of fused-ring (bicyclic) bond motifs is 3. The van der Waals surface area contributed by atoms with Crippen LogP contribution in [0.3, 0.4) is 0 Å². The first-order valence-electron chi connectivity index (χ1n) is 8.18. The maximum atomic E-state index is 12.6. The van der Waals surface area contributed by atoms with Gasteiger partial charge in [0.05, 0.1) is 6.61 Å². The summed E-state index contributed by atoms with van der Waals surface area (Å²) in [4.78, 5) is 25.0. The molecule has 0 saturated heterocycles. The van der Waals surface area contributed by atoms with Crippen LogP contribution in [-0.2, 0) is 21.1 Å². The predicted molar refractivity (Wildman–Crippen MR) is 96.6 cm³/mol. The van der Waals surface area contributed by atoms with Crippen molar-refractivity contribution in [1.82, 2.24) is 28.3 Å². The molecule has 0 atom stereocenters. The van der Waals surface area contributed by atoms with Gasteiger partial charge in [-0.1, -0.05) is 0 Å². The van der Waals surface area contributed by atoms with Crippen LogP contribution in [0.4, 0.5) is 0 Å². The maximum Gasteiger partial charge on any atom is 0.332 e. The number of aryl methyl sites for hydroxylation is 2. The number of nitrogens with zero attached hydrogens (tertiary/aromatic N) is 6. The van der Waals surface area contributed by atoms with E-state index in [2.05, 4.69) is 10.2 Å². The minimum absolute atomic E-state index is 0.367. The van der Waals surface area contributed by atoms with Gasteiger partial charge in [-0.15, -0.1) is 10.2 Å². The number of imidazole rings is 1. The summed E-state index contributed by atoms with van der Waals surface area (Å²) in [5.41, 5.74) is 0.896. The summed E-state index contributed by atoms with van der Waals surface area (Å²) in [5.74, 6) is 1.80. The van der Waals surface area contributed by atoms with Gasteiger partial charge in [0.1, 0.15) is 5.75 Å². The molecule has 1 aromatic carbocycles. The van der Waals surface area contributed by atoms with Crippen LogP contribution in [0.5, 0.6) is 5.75 Å². The first kappa shape index (κ1) is 16.1. The van der Waals surface area contributed by atoms with Gasteiger partial charge in [-0.05, 0) is 31.2 Å². The molecule has 0 aliphatic rings. The van der Waals surface area contributed by atoms with Gasteiger partial charge in [0.15, 0.2) is 17.0 Å². The number of ether oxygens (including phenoxy) is 1. The van der Waals surface area contributed by atoms with Crippen molar-refractivity contribution in [2.75, 3.05) is 6.61 Å². The average Bonchev–Trinajstić information content (AvgIpc) is 3.19. The number of hydrogen-bond acceptors (Lipinski definition) is 5. The van der Waals surface area contributed by atoms with Crippen molar-refractivity contribution in [3.63, 3.8) is 0 Å². The summed E-state index contributed by atoms with van der Waals surface area (Å²) >= 11 is 0. The van der Waals surface area contributed by atoms with Crippen LogP contribution in [0.2, 0.25) is 0 Å². The van der Waals surface area contributed by atoms with Gasteiger partial charge in [-0.25, -0.2) is 9.20 Å². The van der Waals surface area contributed by atoms with Crippen LogP contribution >= 0.6 is 0 Å². The molecule has 9 nitrogen and oxygen atoms in total. The highest BCUT2D eigenvalue weighted by Crippen LogP contribution is 2.25. The monoisotopic (exact) mass is 354 g/mol. The number of aromatic nitrogens is 6. The van der Waals surface area contributed by atoms with E-state index in [9.17, 15) is 9.59 Å². The standard InChI is InChI=1S/C17H18N6O3/c1-5-26-11-8-6-10(7-9-11)13-18-19-16-20(2)12-14(23(13)16)21(3)17(25)22(4)15(12)24/h6-9H,5H2,1-4H3. The molecule has 0 N–H and O–H groups in total. The first-order chi connectivity index (χ1) is 12.5. The Morgan fingerprint density at radius 1 is 0.962 bits per heavy atom. The lowest BCUT2D eigenvalue weighted by Gasteiger charge is -2.06. The van der Waals surface area contributed by atoms with Crippen molar-refractivity contribution >= 4 is 16.9 Å². The van der Waals surface area contributed by atoms with Crippen molar-refractivity contribution in [3.05, 3.63) is 45.1 Å². The lowest BCUT2D eigenvalue weighted by molar-refractivity contribution is 0.340. The summed E-state index contributed by atoms with van der Waals surface area (Å²) < 4.78 is 11.4. The van der Waals surface area contributed by atoms with Gasteiger partial charge in [0.2, 0.25) is 5.78 Å². The van der Waals surface area contributed by atoms with Gasteiger partial charge in [-0.2, -0.15) is 0 Å². The van der Waals surface area contributed by atoms with E-state index in [-0.39, 0.29) is 5.56 Å². The molecule has 26 heavy (non-hydrogen) atoms. The molecular weight excluding hydrogens is 336 g/mol. The second-order valence-electron chi connectivity index (χ2n) is 6.05. The van der Waals surface area contributed by atoms with Crippen LogP contribution in [-0.4, -0.2) is 34.9 Å². The van der Waals surface area contributed by atoms with Crippen LogP contribution in [0.25, 0.3) is 28.3 Å². The van der Waals surface area contributed by atoms with E-state index in [1.807, 2.05) is 31.2 Å². The molecule has 0 fully saturated rings. The van der Waals surface area contributed by atoms with Gasteiger partial charge < -0.3 is 9.30 Å². The second-order valence-corrected chi connectivity index (χ2v) is 6.05. The summed E-state index contributed by atoms with van der Waals surface area (Å²) in [7, 11) is 4.83. The van der Waals surface area contributed by atoms with E-state index in [0.717, 1.165) is 15.9 Å². The number of benzene rings is 1. The van der Waals surface area contributed by atoms with E-state index < -0.39 is 5.69 Å². The predicted octanol–water partition coefficient (Wildman–Crippen LogP) is 0.684. The fourth-order valence-electron chi connectivity index (χ4n) is 3.21. The topological polar surface area (TPSA) is 88.3 Å². The summed E-state index contributed by atoms with van der Waals surface area (Å²) in [5, 5.41) is 8.48. The zero-order valence-electron chi connectivity index (χ0n) is 14.9. The van der Waals surface area contributed by atoms with Crippen LogP contribution < -0.4 is 16.0 Å². The van der Waals surface area contributed by atoms with Crippen molar-refractivity contribution in [3.8, 4) is 17.1 Å². The second kappa shape index (κ2) is 5.58. The normalized spacial score (nSPS) is 11.5. The zero-order chi connectivity index (χ0) is 18.6. The van der Waals surface area contributed by atoms with Crippen molar-refractivity contribution in [2.24, 2.45) is 21.1 Å². The molecule has 0 radical (unpaired) electrons. The minimum Gasteiger partial charge on any atom is -0.494 e. The minimum atomic E-state index is -0.402. The highest BCUT2D eigenvalue weighted by Gasteiger charge is 2.22. The highest BCUT2D eigenvalue weighted by atomic mass is 16.5. The molecule has 0 aliphatic carbocycles. The van der Waals surface area contributed by atoms with E-state index in [0.29, 0.717) is 29.4 Å². The van der Waals surface area contributed by atoms with Crippen LogP contribution in [0.1, 0.15) is 6.92 Å². The smallest absolute Gasteiger partial charge is 0.332 e. The third-order valence-corrected chi connectivity index (χ3v) is 4.53. The Morgan fingerprint density at radius 2 is 1.65 bits per heavy atom. The molecule has 3 heterocycles. The highest BCUT2D eigenvalue weighted by molar-refractivity contribution is 5.79. The van der Waals surface area contributed by atoms with Gasteiger partial charge in [-0.3, -0.25) is 13.9 Å². The molecule has 4 rings (SSSR count). The summed E-state index contributed by atoms with van der Waals surface area (Å²) in [6, 6.07) is 7.45. The van der Waals surface area contributed by atoms with Gasteiger partial charge >= 0.3 is 5.69 Å². The fourth-order valence-corrected chi connectivity index (χ4v) is 3.21. The van der Waals surface area contributed by atoms with E-state index >= 15 is 0 Å². The maximum absolute atomic E-state index is 12.6. The van der Waals surface area contributed by atoms with Gasteiger partial charge in [0, 0.05) is 26.7 Å². The molecule has 0 saturated carbocycles. The third-order valence-electron chi connectivity index (χ3n) is 4.53. The van der Waals surface area contributed by atoms with Crippen molar-refractivity contribution in [1.29, 1.82) is 0 Å². The molecule has 0 spiro atoms. The van der Waals surface area contributed by atoms with Crippen molar-refractivity contribution in [2.45, 2.75) is 6.92 Å².